The number of likely N-dealkylation sites (N-methyl/N-ethyl adjacent to an activating group) is 1. The molecule has 0 spiro atoms. The van der Waals surface area contributed by atoms with Crippen molar-refractivity contribution >= 4 is 38.9 Å². The molecule has 0 aromatic heterocycles. The van der Waals surface area contributed by atoms with Gasteiger partial charge >= 0.3 is 0 Å². The molecule has 9 nitrogen and oxygen atoms in total. The lowest BCUT2D eigenvalue weighted by Gasteiger charge is -2.24. The Morgan fingerprint density at radius 2 is 1.69 bits per heavy atom. The van der Waals surface area contributed by atoms with Crippen LogP contribution < -0.4 is 19.4 Å². The van der Waals surface area contributed by atoms with E-state index in [1.54, 1.807) is 67.7 Å². The Morgan fingerprint density at radius 1 is 1.03 bits per heavy atom. The molecule has 0 saturated carbocycles. The van der Waals surface area contributed by atoms with Gasteiger partial charge in [0, 0.05) is 12.6 Å². The van der Waals surface area contributed by atoms with E-state index in [1.165, 1.54) is 17.0 Å². The fraction of sp³-hybridized carbons (Fsp3) is 0.192. The topological polar surface area (TPSA) is 108 Å². The summed E-state index contributed by atoms with van der Waals surface area (Å²) in [5.74, 6) is -0.523. The number of aryl methyl sites for hydroxylation is 1. The zero-order valence-corrected chi connectivity index (χ0v) is 21.0. The molecule has 0 bridgehead atoms. The van der Waals surface area contributed by atoms with E-state index in [9.17, 15) is 18.0 Å². The predicted molar refractivity (Wildman–Crippen MR) is 138 cm³/mol. The molecule has 3 aromatic carbocycles. The third-order valence-electron chi connectivity index (χ3n) is 5.65. The molecule has 186 valence electrons. The van der Waals surface area contributed by atoms with Gasteiger partial charge in [-0.3, -0.25) is 13.9 Å². The first-order valence-corrected chi connectivity index (χ1v) is 12.7. The molecule has 4 rings (SSSR count). The molecule has 0 saturated heterocycles. The Labute approximate surface area is 210 Å². The van der Waals surface area contributed by atoms with Gasteiger partial charge in [-0.1, -0.05) is 35.9 Å². The number of para-hydroxylation sites is 1. The largest absolute Gasteiger partial charge is 0.494 e. The summed E-state index contributed by atoms with van der Waals surface area (Å²) in [6, 6.07) is 19.9. The first-order valence-electron chi connectivity index (χ1n) is 11.3. The second kappa shape index (κ2) is 10.2. The number of ether oxygens (including phenoxy) is 1. The van der Waals surface area contributed by atoms with Gasteiger partial charge in [0.1, 0.15) is 12.3 Å². The molecular formula is C26H26N4O5S. The highest BCUT2D eigenvalue weighted by Crippen LogP contribution is 2.28. The van der Waals surface area contributed by atoms with E-state index in [4.69, 9.17) is 4.74 Å². The zero-order chi connectivity index (χ0) is 25.9. The van der Waals surface area contributed by atoms with Crippen molar-refractivity contribution in [2.45, 2.75) is 18.7 Å². The van der Waals surface area contributed by atoms with Gasteiger partial charge in [0.05, 0.1) is 22.9 Å². The van der Waals surface area contributed by atoms with Crippen molar-refractivity contribution in [1.29, 1.82) is 0 Å². The Balaban J connectivity index is 1.61. The van der Waals surface area contributed by atoms with Crippen molar-refractivity contribution in [3.8, 4) is 5.75 Å². The van der Waals surface area contributed by atoms with E-state index in [-0.39, 0.29) is 16.5 Å². The highest BCUT2D eigenvalue weighted by Gasteiger charge is 2.32. The summed E-state index contributed by atoms with van der Waals surface area (Å²) in [6.45, 7) is 3.63. The first-order chi connectivity index (χ1) is 17.2. The van der Waals surface area contributed by atoms with Crippen molar-refractivity contribution < 1.29 is 22.7 Å². The number of hydrazone groups is 1. The van der Waals surface area contributed by atoms with Crippen LogP contribution in [0.4, 0.5) is 11.4 Å². The van der Waals surface area contributed by atoms with Gasteiger partial charge in [-0.05, 0) is 56.3 Å². The van der Waals surface area contributed by atoms with Crippen molar-refractivity contribution in [2.75, 3.05) is 29.4 Å². The SMILES string of the molecule is CCOc1ccc(S(=O)(=O)N(CC(=O)N/N=C2\C(=O)N(C)c3ccccc32)c2ccc(C)cc2)cc1. The molecule has 1 heterocycles. The monoisotopic (exact) mass is 506 g/mol. The number of amides is 2. The van der Waals surface area contributed by atoms with Gasteiger partial charge in [-0.2, -0.15) is 5.10 Å². The summed E-state index contributed by atoms with van der Waals surface area (Å²) in [5, 5.41) is 4.03. The van der Waals surface area contributed by atoms with Gasteiger partial charge in [0.15, 0.2) is 5.71 Å². The van der Waals surface area contributed by atoms with E-state index in [2.05, 4.69) is 10.5 Å². The smallest absolute Gasteiger partial charge is 0.279 e. The predicted octanol–water partition coefficient (Wildman–Crippen LogP) is 3.09. The number of nitrogens with one attached hydrogen (secondary N) is 1. The standard InChI is InChI=1S/C26H26N4O5S/c1-4-35-20-13-15-21(16-14-20)36(33,34)30(19-11-9-18(2)10-12-19)17-24(31)27-28-25-22-7-5-6-8-23(22)29(3)26(25)32/h5-16H,4,17H2,1-3H3,(H,27,31)/b28-25-. The number of carbonyl (C=O) groups is 2. The van der Waals surface area contributed by atoms with Crippen LogP contribution in [0.1, 0.15) is 18.1 Å². The first kappa shape index (κ1) is 24.9. The number of anilines is 2. The molecule has 0 fully saturated rings. The Morgan fingerprint density at radius 3 is 2.36 bits per heavy atom. The molecule has 0 atom stereocenters. The van der Waals surface area contributed by atoms with Gasteiger partial charge in [0.2, 0.25) is 0 Å². The van der Waals surface area contributed by atoms with Gasteiger partial charge in [-0.15, -0.1) is 0 Å². The van der Waals surface area contributed by atoms with E-state index in [0.29, 0.717) is 29.3 Å². The molecule has 10 heteroatoms. The lowest BCUT2D eigenvalue weighted by molar-refractivity contribution is -0.119. The van der Waals surface area contributed by atoms with Crippen molar-refractivity contribution in [2.24, 2.45) is 5.10 Å². The second-order valence-corrected chi connectivity index (χ2v) is 9.99. The van der Waals surface area contributed by atoms with Crippen LogP contribution in [-0.2, 0) is 19.6 Å². The van der Waals surface area contributed by atoms with Crippen LogP contribution in [0.15, 0.2) is 82.8 Å². The Bertz CT molecular complexity index is 1420. The van der Waals surface area contributed by atoms with Crippen LogP contribution in [0.3, 0.4) is 0 Å². The number of sulfonamides is 1. The highest BCUT2D eigenvalue weighted by molar-refractivity contribution is 7.92. The van der Waals surface area contributed by atoms with E-state index >= 15 is 0 Å². The fourth-order valence-electron chi connectivity index (χ4n) is 3.77. The minimum atomic E-state index is -4.11. The average Bonchev–Trinajstić information content (AvgIpc) is 3.12. The molecule has 2 amide bonds. The molecule has 36 heavy (non-hydrogen) atoms. The fourth-order valence-corrected chi connectivity index (χ4v) is 5.19. The summed E-state index contributed by atoms with van der Waals surface area (Å²) in [4.78, 5) is 26.9. The minimum absolute atomic E-state index is 0.00663. The summed E-state index contributed by atoms with van der Waals surface area (Å²) >= 11 is 0. The van der Waals surface area contributed by atoms with E-state index < -0.39 is 22.5 Å². The van der Waals surface area contributed by atoms with Gasteiger partial charge in [-0.25, -0.2) is 13.8 Å². The van der Waals surface area contributed by atoms with Crippen LogP contribution in [0.5, 0.6) is 5.75 Å². The summed E-state index contributed by atoms with van der Waals surface area (Å²) in [5.41, 5.74) is 4.95. The van der Waals surface area contributed by atoms with Crippen molar-refractivity contribution in [3.05, 3.63) is 83.9 Å². The maximum absolute atomic E-state index is 13.6. The molecule has 0 unspecified atom stereocenters. The lowest BCUT2D eigenvalue weighted by Crippen LogP contribution is -2.40. The normalized spacial score (nSPS) is 14.0. The Kier molecular flexibility index (Phi) is 7.07. The second-order valence-electron chi connectivity index (χ2n) is 8.13. The van der Waals surface area contributed by atoms with Crippen LogP contribution in [0.2, 0.25) is 0 Å². The molecule has 1 aliphatic rings. The van der Waals surface area contributed by atoms with Crippen molar-refractivity contribution in [3.63, 3.8) is 0 Å². The summed E-state index contributed by atoms with van der Waals surface area (Å²) in [6.07, 6.45) is 0. The molecular weight excluding hydrogens is 480 g/mol. The number of fused-ring (bicyclic) bond motifs is 1. The van der Waals surface area contributed by atoms with Crippen LogP contribution in [0.25, 0.3) is 0 Å². The van der Waals surface area contributed by atoms with Gasteiger partial charge in [0.25, 0.3) is 21.8 Å². The van der Waals surface area contributed by atoms with E-state index in [0.717, 1.165) is 9.87 Å². The highest BCUT2D eigenvalue weighted by atomic mass is 32.2. The van der Waals surface area contributed by atoms with Crippen LogP contribution in [0, 0.1) is 6.92 Å². The summed E-state index contributed by atoms with van der Waals surface area (Å²) in [7, 11) is -2.49. The lowest BCUT2D eigenvalue weighted by atomic mass is 10.1. The molecule has 0 radical (unpaired) electrons. The maximum Gasteiger partial charge on any atom is 0.279 e. The third kappa shape index (κ3) is 4.94. The van der Waals surface area contributed by atoms with Crippen molar-refractivity contribution in [1.82, 2.24) is 5.43 Å². The molecule has 3 aromatic rings. The molecule has 0 aliphatic carbocycles. The van der Waals surface area contributed by atoms with E-state index in [1.807, 2.05) is 13.8 Å². The van der Waals surface area contributed by atoms with Gasteiger partial charge < -0.3 is 9.64 Å². The minimum Gasteiger partial charge on any atom is -0.494 e. The number of nitrogens with zero attached hydrogens (tertiary/aromatic N) is 3. The third-order valence-corrected chi connectivity index (χ3v) is 7.44. The summed E-state index contributed by atoms with van der Waals surface area (Å²) < 4.78 is 33.5. The molecule has 1 N–H and O–H groups in total. The maximum atomic E-state index is 13.6. The number of hydrogen-bond acceptors (Lipinski definition) is 6. The molecule has 1 aliphatic heterocycles. The van der Waals surface area contributed by atoms with Crippen LogP contribution >= 0.6 is 0 Å². The number of rotatable bonds is 8. The number of benzene rings is 3. The average molecular weight is 507 g/mol. The quantitative estimate of drug-likeness (QED) is 0.473. The Hall–Kier alpha value is -4.18. The zero-order valence-electron chi connectivity index (χ0n) is 20.1. The number of hydrogen-bond donors (Lipinski definition) is 1. The number of carbonyl (C=O) groups excluding carboxylic acids is 2. The van der Waals surface area contributed by atoms with Crippen LogP contribution in [-0.4, -0.2) is 46.1 Å².